The van der Waals surface area contributed by atoms with Gasteiger partial charge in [0, 0.05) is 5.02 Å². The van der Waals surface area contributed by atoms with Gasteiger partial charge < -0.3 is 4.74 Å². The van der Waals surface area contributed by atoms with Crippen molar-refractivity contribution in [3.8, 4) is 24.0 Å². The lowest BCUT2D eigenvalue weighted by Crippen LogP contribution is -2.11. The summed E-state index contributed by atoms with van der Waals surface area (Å²) < 4.78 is 5.49. The first-order valence-electron chi connectivity index (χ1n) is 6.75. The molecule has 124 valence electrons. The molecule has 1 aromatic heterocycles. The number of thioether (sulfide) groups is 2. The zero-order valence-corrected chi connectivity index (χ0v) is 14.9. The van der Waals surface area contributed by atoms with E-state index in [1.54, 1.807) is 24.3 Å². The van der Waals surface area contributed by atoms with E-state index in [4.69, 9.17) is 26.9 Å². The monoisotopic (exact) mass is 397 g/mol. The Labute approximate surface area is 160 Å². The highest BCUT2D eigenvalue weighted by molar-refractivity contribution is 8.24. The van der Waals surface area contributed by atoms with E-state index in [-0.39, 0.29) is 22.7 Å². The van der Waals surface area contributed by atoms with Crippen molar-refractivity contribution in [2.45, 2.75) is 10.1 Å². The van der Waals surface area contributed by atoms with Gasteiger partial charge in [0.05, 0.1) is 4.24 Å². The number of hydrogen-bond donors (Lipinski definition) is 0. The summed E-state index contributed by atoms with van der Waals surface area (Å²) in [6.07, 6.45) is 0. The number of halogens is 1. The van der Waals surface area contributed by atoms with Crippen molar-refractivity contribution in [3.05, 3.63) is 50.5 Å². The second kappa shape index (κ2) is 7.47. The molecule has 0 atom stereocenters. The van der Waals surface area contributed by atoms with Gasteiger partial charge in [0.1, 0.15) is 34.0 Å². The fraction of sp³-hybridized carbons (Fsp3) is 0. The predicted octanol–water partition coefficient (Wildman–Crippen LogP) is 3.41. The summed E-state index contributed by atoms with van der Waals surface area (Å²) >= 11 is 7.88. The summed E-state index contributed by atoms with van der Waals surface area (Å²) in [6.45, 7) is 0. The van der Waals surface area contributed by atoms with Crippen LogP contribution in [0.15, 0.2) is 44.1 Å². The van der Waals surface area contributed by atoms with Gasteiger partial charge in [-0.1, -0.05) is 41.2 Å². The lowest BCUT2D eigenvalue weighted by atomic mass is 10.3. The molecule has 0 amide bonds. The summed E-state index contributed by atoms with van der Waals surface area (Å²) in [4.78, 5) is 20.4. The number of hydrogen-bond acceptors (Lipinski definition) is 9. The Balaban J connectivity index is 1.91. The number of aromatic nitrogens is 2. The number of benzene rings is 1. The van der Waals surface area contributed by atoms with Crippen molar-refractivity contribution >= 4 is 41.1 Å². The van der Waals surface area contributed by atoms with Crippen LogP contribution in [0.3, 0.4) is 0 Å². The first-order chi connectivity index (χ1) is 12.5. The Hall–Kier alpha value is -3.03. The molecular formula is C16H4ClN5O2S2. The second-order valence-corrected chi connectivity index (χ2v) is 7.27. The Morgan fingerprint density at radius 3 is 2.19 bits per heavy atom. The SMILES string of the molecule is N#CC(C(=O)Oc1cccc(Cl)c1)=C1Sc2nc(C#N)c(C#N)nc2S1. The standard InChI is InChI=1S/C16H4ClN5O2S2/c17-8-2-1-3-9(4-8)24-15(23)10(5-18)16-25-13-14(26-16)22-12(7-20)11(6-19)21-13/h1-4H. The highest BCUT2D eigenvalue weighted by atomic mass is 35.5. The number of rotatable bonds is 2. The third-order valence-electron chi connectivity index (χ3n) is 2.95. The normalized spacial score (nSPS) is 11.7. The Morgan fingerprint density at radius 1 is 1.08 bits per heavy atom. The molecule has 1 aliphatic rings. The molecule has 0 unspecified atom stereocenters. The van der Waals surface area contributed by atoms with Gasteiger partial charge in [-0.05, 0) is 18.2 Å². The van der Waals surface area contributed by atoms with Crippen LogP contribution < -0.4 is 4.74 Å². The van der Waals surface area contributed by atoms with Crippen LogP contribution in [0.5, 0.6) is 5.75 Å². The third-order valence-corrected chi connectivity index (χ3v) is 5.55. The molecule has 0 saturated heterocycles. The van der Waals surface area contributed by atoms with E-state index in [9.17, 15) is 10.1 Å². The molecule has 1 aliphatic heterocycles. The van der Waals surface area contributed by atoms with Crippen LogP contribution in [-0.4, -0.2) is 15.9 Å². The van der Waals surface area contributed by atoms with Crippen molar-refractivity contribution in [2.24, 2.45) is 0 Å². The highest BCUT2D eigenvalue weighted by Gasteiger charge is 2.29. The van der Waals surface area contributed by atoms with Crippen LogP contribution in [0.2, 0.25) is 5.02 Å². The van der Waals surface area contributed by atoms with Gasteiger partial charge in [0.2, 0.25) is 0 Å². The highest BCUT2D eigenvalue weighted by Crippen LogP contribution is 2.50. The molecular weight excluding hydrogens is 394 g/mol. The van der Waals surface area contributed by atoms with E-state index in [1.165, 1.54) is 12.1 Å². The fourth-order valence-corrected chi connectivity index (χ4v) is 4.28. The van der Waals surface area contributed by atoms with Crippen molar-refractivity contribution in [2.75, 3.05) is 0 Å². The van der Waals surface area contributed by atoms with Gasteiger partial charge in [0.25, 0.3) is 0 Å². The summed E-state index contributed by atoms with van der Waals surface area (Å²) in [6, 6.07) is 11.6. The molecule has 0 saturated carbocycles. The molecule has 7 nitrogen and oxygen atoms in total. The number of esters is 1. The van der Waals surface area contributed by atoms with Crippen molar-refractivity contribution in [3.63, 3.8) is 0 Å². The molecule has 26 heavy (non-hydrogen) atoms. The van der Waals surface area contributed by atoms with Gasteiger partial charge in [-0.15, -0.1) is 0 Å². The molecule has 0 radical (unpaired) electrons. The maximum absolute atomic E-state index is 12.3. The van der Waals surface area contributed by atoms with E-state index >= 15 is 0 Å². The fourth-order valence-electron chi connectivity index (χ4n) is 1.86. The third kappa shape index (κ3) is 3.49. The van der Waals surface area contributed by atoms with Crippen molar-refractivity contribution in [1.29, 1.82) is 15.8 Å². The van der Waals surface area contributed by atoms with E-state index < -0.39 is 5.97 Å². The lowest BCUT2D eigenvalue weighted by molar-refractivity contribution is -0.129. The average Bonchev–Trinajstić information content (AvgIpc) is 3.03. The van der Waals surface area contributed by atoms with Crippen LogP contribution in [0.4, 0.5) is 0 Å². The maximum atomic E-state index is 12.3. The lowest BCUT2D eigenvalue weighted by Gasteiger charge is -2.04. The topological polar surface area (TPSA) is 123 Å². The molecule has 0 bridgehead atoms. The van der Waals surface area contributed by atoms with Crippen LogP contribution in [0.1, 0.15) is 11.4 Å². The Morgan fingerprint density at radius 2 is 1.69 bits per heavy atom. The number of carbonyl (C=O) groups excluding carboxylic acids is 1. The minimum absolute atomic E-state index is 0.111. The first-order valence-corrected chi connectivity index (χ1v) is 8.77. The quantitative estimate of drug-likeness (QED) is 0.324. The molecule has 0 aliphatic carbocycles. The van der Waals surface area contributed by atoms with Gasteiger partial charge in [-0.3, -0.25) is 0 Å². The van der Waals surface area contributed by atoms with Crippen LogP contribution >= 0.6 is 35.1 Å². The zero-order valence-electron chi connectivity index (χ0n) is 12.6. The van der Waals surface area contributed by atoms with E-state index in [0.717, 1.165) is 23.5 Å². The van der Waals surface area contributed by atoms with Gasteiger partial charge in [-0.2, -0.15) is 15.8 Å². The summed E-state index contributed by atoms with van der Waals surface area (Å²) in [7, 11) is 0. The largest absolute Gasteiger partial charge is 0.422 e. The smallest absolute Gasteiger partial charge is 0.356 e. The number of nitrogens with zero attached hydrogens (tertiary/aromatic N) is 5. The molecule has 3 rings (SSSR count). The number of carbonyl (C=O) groups is 1. The Kier molecular flexibility index (Phi) is 5.11. The van der Waals surface area contributed by atoms with Crippen molar-refractivity contribution in [1.82, 2.24) is 9.97 Å². The van der Waals surface area contributed by atoms with Gasteiger partial charge in [0.15, 0.2) is 17.0 Å². The van der Waals surface area contributed by atoms with Crippen LogP contribution in [0, 0.1) is 34.0 Å². The first kappa shape index (κ1) is 17.8. The minimum Gasteiger partial charge on any atom is -0.422 e. The van der Waals surface area contributed by atoms with Gasteiger partial charge in [-0.25, -0.2) is 14.8 Å². The molecule has 1 aromatic carbocycles. The maximum Gasteiger partial charge on any atom is 0.356 e. The van der Waals surface area contributed by atoms with E-state index in [0.29, 0.717) is 19.3 Å². The van der Waals surface area contributed by atoms with E-state index in [1.807, 2.05) is 6.07 Å². The number of fused-ring (bicyclic) bond motifs is 1. The summed E-state index contributed by atoms with van der Waals surface area (Å²) in [5.41, 5.74) is -0.446. The molecule has 2 aromatic rings. The van der Waals surface area contributed by atoms with Crippen molar-refractivity contribution < 1.29 is 9.53 Å². The van der Waals surface area contributed by atoms with E-state index in [2.05, 4.69) is 9.97 Å². The predicted molar refractivity (Wildman–Crippen MR) is 92.9 cm³/mol. The molecule has 0 N–H and O–H groups in total. The average molecular weight is 398 g/mol. The molecule has 2 heterocycles. The van der Waals surface area contributed by atoms with Gasteiger partial charge >= 0.3 is 5.97 Å². The van der Waals surface area contributed by atoms with Crippen LogP contribution in [0.25, 0.3) is 0 Å². The number of ether oxygens (including phenoxy) is 1. The summed E-state index contributed by atoms with van der Waals surface area (Å²) in [5, 5.41) is 28.5. The number of nitriles is 3. The molecule has 0 spiro atoms. The Bertz CT molecular complexity index is 1050. The van der Waals surface area contributed by atoms with Crippen LogP contribution in [-0.2, 0) is 4.79 Å². The summed E-state index contributed by atoms with van der Waals surface area (Å²) in [5.74, 6) is -0.644. The minimum atomic E-state index is -0.849. The molecule has 0 fully saturated rings. The molecule has 10 heteroatoms. The second-order valence-electron chi connectivity index (χ2n) is 4.58. The zero-order chi connectivity index (χ0) is 18.7.